The van der Waals surface area contributed by atoms with Gasteiger partial charge in [0.2, 0.25) is 5.78 Å². The second-order valence-corrected chi connectivity index (χ2v) is 8.40. The smallest absolute Gasteiger partial charge is 0.218 e. The van der Waals surface area contributed by atoms with Crippen molar-refractivity contribution in [3.8, 4) is 5.75 Å². The Morgan fingerprint density at radius 1 is 1.00 bits per heavy atom. The average Bonchev–Trinajstić information content (AvgIpc) is 3.09. The number of ether oxygens (including phenoxy) is 1. The lowest BCUT2D eigenvalue weighted by Gasteiger charge is -2.33. The van der Waals surface area contributed by atoms with Gasteiger partial charge in [0, 0.05) is 35.2 Å². The number of nitrogens with one attached hydrogen (secondary N) is 1. The van der Waals surface area contributed by atoms with Gasteiger partial charge in [-0.3, -0.25) is 4.79 Å². The maximum atomic E-state index is 13.1. The van der Waals surface area contributed by atoms with Crippen molar-refractivity contribution >= 4 is 11.5 Å². The average molecular weight is 419 g/mol. The molecule has 1 aliphatic rings. The second kappa shape index (κ2) is 9.40. The Hall–Kier alpha value is -3.05. The van der Waals surface area contributed by atoms with Crippen LogP contribution in [0.15, 0.2) is 60.7 Å². The summed E-state index contributed by atoms with van der Waals surface area (Å²) in [5.41, 5.74) is 5.52. The van der Waals surface area contributed by atoms with Gasteiger partial charge in [-0.1, -0.05) is 36.4 Å². The number of Topliss-reactive ketones (excluding diaryl/α,β-unsaturated/α-hetero) is 1. The summed E-state index contributed by atoms with van der Waals surface area (Å²) in [6.07, 6.45) is 0. The van der Waals surface area contributed by atoms with E-state index in [2.05, 4.69) is 65.8 Å². The number of hydrogen-bond donors (Lipinski definition) is 1. The molecule has 0 radical (unpaired) electrons. The molecular weight excluding hydrogens is 386 g/mol. The molecule has 0 amide bonds. The van der Waals surface area contributed by atoms with Gasteiger partial charge in [0.25, 0.3) is 0 Å². The van der Waals surface area contributed by atoms with E-state index in [0.717, 1.165) is 55.4 Å². The van der Waals surface area contributed by atoms with Crippen molar-refractivity contribution in [2.24, 2.45) is 0 Å². The Morgan fingerprint density at radius 3 is 2.45 bits per heavy atom. The van der Waals surface area contributed by atoms with Crippen molar-refractivity contribution in [1.29, 1.82) is 0 Å². The first-order valence-electron chi connectivity index (χ1n) is 11.0. The van der Waals surface area contributed by atoms with Crippen molar-refractivity contribution in [2.45, 2.75) is 20.4 Å². The van der Waals surface area contributed by atoms with E-state index >= 15 is 0 Å². The van der Waals surface area contributed by atoms with E-state index in [1.54, 1.807) is 7.11 Å². The summed E-state index contributed by atoms with van der Waals surface area (Å²) in [6.45, 7) is 9.34. The molecular formula is C26H32N3O2+. The Balaban J connectivity index is 1.37. The lowest BCUT2D eigenvalue weighted by molar-refractivity contribution is -0.892. The zero-order valence-corrected chi connectivity index (χ0v) is 18.7. The molecule has 1 fully saturated rings. The summed E-state index contributed by atoms with van der Waals surface area (Å²) in [7, 11) is 1.70. The summed E-state index contributed by atoms with van der Waals surface area (Å²) in [5, 5.41) is 0. The molecule has 31 heavy (non-hydrogen) atoms. The van der Waals surface area contributed by atoms with Crippen LogP contribution in [-0.4, -0.2) is 50.2 Å². The second-order valence-electron chi connectivity index (χ2n) is 8.40. The highest BCUT2D eigenvalue weighted by atomic mass is 16.5. The van der Waals surface area contributed by atoms with Crippen LogP contribution < -0.4 is 14.5 Å². The number of nitrogens with zero attached hydrogens (tertiary/aromatic N) is 2. The Bertz CT molecular complexity index is 1030. The molecule has 1 aliphatic heterocycles. The normalized spacial score (nSPS) is 14.6. The summed E-state index contributed by atoms with van der Waals surface area (Å²) in [4.78, 5) is 16.9. The molecule has 3 aromatic rings. The number of carbonyl (C=O) groups excluding carboxylic acids is 1. The summed E-state index contributed by atoms with van der Waals surface area (Å²) in [5.74, 6) is 1.13. The van der Waals surface area contributed by atoms with Crippen LogP contribution in [0.5, 0.6) is 5.75 Å². The molecule has 0 aliphatic carbocycles. The first-order chi connectivity index (χ1) is 15.0. The van der Waals surface area contributed by atoms with Gasteiger partial charge in [-0.2, -0.15) is 0 Å². The van der Waals surface area contributed by atoms with Gasteiger partial charge in [0.1, 0.15) is 12.3 Å². The van der Waals surface area contributed by atoms with Crippen LogP contribution >= 0.6 is 0 Å². The Morgan fingerprint density at radius 2 is 1.74 bits per heavy atom. The van der Waals surface area contributed by atoms with E-state index in [0.29, 0.717) is 6.54 Å². The molecule has 0 unspecified atom stereocenters. The molecule has 2 aromatic carbocycles. The van der Waals surface area contributed by atoms with Crippen LogP contribution in [0.3, 0.4) is 0 Å². The number of hydrogen-bond acceptors (Lipinski definition) is 3. The first-order valence-corrected chi connectivity index (χ1v) is 11.0. The minimum Gasteiger partial charge on any atom is -0.497 e. The van der Waals surface area contributed by atoms with E-state index in [1.165, 1.54) is 16.2 Å². The van der Waals surface area contributed by atoms with Gasteiger partial charge in [0.05, 0.1) is 33.3 Å². The predicted octanol–water partition coefficient (Wildman–Crippen LogP) is 2.75. The zero-order chi connectivity index (χ0) is 21.8. The van der Waals surface area contributed by atoms with Crippen molar-refractivity contribution in [2.75, 3.05) is 44.7 Å². The molecule has 0 spiro atoms. The number of rotatable bonds is 7. The standard InChI is InChI=1S/C26H31N3O2/c1-20-16-25(21(2)29(20)18-22-8-5-4-6-9-22)26(30)19-27-12-14-28(15-13-27)23-10-7-11-24(17-23)31-3/h4-11,16-17H,12-15,18-19H2,1-3H3/p+1. The van der Waals surface area contributed by atoms with E-state index < -0.39 is 0 Å². The quantitative estimate of drug-likeness (QED) is 0.600. The summed E-state index contributed by atoms with van der Waals surface area (Å²) < 4.78 is 7.60. The fraction of sp³-hybridized carbons (Fsp3) is 0.346. The van der Waals surface area contributed by atoms with Crippen LogP contribution in [0.2, 0.25) is 0 Å². The topological polar surface area (TPSA) is 38.9 Å². The van der Waals surface area contributed by atoms with E-state index in [4.69, 9.17) is 4.74 Å². The fourth-order valence-corrected chi connectivity index (χ4v) is 4.48. The lowest BCUT2D eigenvalue weighted by atomic mass is 10.1. The number of aromatic nitrogens is 1. The van der Waals surface area contributed by atoms with Crippen LogP contribution in [0.4, 0.5) is 5.69 Å². The monoisotopic (exact) mass is 418 g/mol. The minimum absolute atomic E-state index is 0.247. The predicted molar refractivity (Wildman–Crippen MR) is 125 cm³/mol. The zero-order valence-electron chi connectivity index (χ0n) is 18.7. The maximum absolute atomic E-state index is 13.1. The third kappa shape index (κ3) is 4.83. The molecule has 5 nitrogen and oxygen atoms in total. The molecule has 1 aromatic heterocycles. The molecule has 2 heterocycles. The summed E-state index contributed by atoms with van der Waals surface area (Å²) in [6, 6.07) is 20.7. The lowest BCUT2D eigenvalue weighted by Crippen LogP contribution is -3.15. The fourth-order valence-electron chi connectivity index (χ4n) is 4.48. The molecule has 5 heteroatoms. The van der Waals surface area contributed by atoms with Crippen molar-refractivity contribution in [3.63, 3.8) is 0 Å². The molecule has 162 valence electrons. The Labute approximate surface area is 184 Å². The van der Waals surface area contributed by atoms with Crippen LogP contribution in [0.1, 0.15) is 27.3 Å². The number of quaternary nitrogens is 1. The van der Waals surface area contributed by atoms with Crippen LogP contribution in [-0.2, 0) is 6.54 Å². The Kier molecular flexibility index (Phi) is 6.42. The highest BCUT2D eigenvalue weighted by Gasteiger charge is 2.25. The SMILES string of the molecule is COc1cccc(N2CC[NH+](CC(=O)c3cc(C)n(Cc4ccccc4)c3C)CC2)c1. The number of ketones is 1. The minimum atomic E-state index is 0.247. The van der Waals surface area contributed by atoms with Crippen molar-refractivity contribution in [1.82, 2.24) is 4.57 Å². The van der Waals surface area contributed by atoms with Gasteiger partial charge >= 0.3 is 0 Å². The number of benzene rings is 2. The van der Waals surface area contributed by atoms with Crippen LogP contribution in [0.25, 0.3) is 0 Å². The van der Waals surface area contributed by atoms with E-state index in [-0.39, 0.29) is 5.78 Å². The maximum Gasteiger partial charge on any atom is 0.218 e. The molecule has 0 saturated carbocycles. The van der Waals surface area contributed by atoms with Crippen LogP contribution in [0, 0.1) is 13.8 Å². The number of anilines is 1. The van der Waals surface area contributed by atoms with E-state index in [1.807, 2.05) is 18.2 Å². The van der Waals surface area contributed by atoms with E-state index in [9.17, 15) is 4.79 Å². The number of piperazine rings is 1. The summed E-state index contributed by atoms with van der Waals surface area (Å²) >= 11 is 0. The molecule has 1 saturated heterocycles. The molecule has 4 rings (SSSR count). The largest absolute Gasteiger partial charge is 0.497 e. The van der Waals surface area contributed by atoms with Gasteiger partial charge in [-0.25, -0.2) is 0 Å². The molecule has 0 atom stereocenters. The highest BCUT2D eigenvalue weighted by molar-refractivity contribution is 5.98. The third-order valence-corrected chi connectivity index (χ3v) is 6.36. The third-order valence-electron chi connectivity index (χ3n) is 6.36. The molecule has 1 N–H and O–H groups in total. The number of methoxy groups -OCH3 is 1. The van der Waals surface area contributed by atoms with Crippen molar-refractivity contribution < 1.29 is 14.4 Å². The number of carbonyl (C=O) groups is 1. The van der Waals surface area contributed by atoms with Gasteiger partial charge in [0.15, 0.2) is 0 Å². The van der Waals surface area contributed by atoms with Gasteiger partial charge in [-0.05, 0) is 37.6 Å². The number of aryl methyl sites for hydroxylation is 1. The van der Waals surface area contributed by atoms with Gasteiger partial charge < -0.3 is 19.1 Å². The molecule has 0 bridgehead atoms. The van der Waals surface area contributed by atoms with Gasteiger partial charge in [-0.15, -0.1) is 0 Å². The first kappa shape index (κ1) is 21.2. The highest BCUT2D eigenvalue weighted by Crippen LogP contribution is 2.21. The van der Waals surface area contributed by atoms with Crippen molar-refractivity contribution in [3.05, 3.63) is 83.2 Å².